The average molecular weight is 425 g/mol. The molecule has 2 aromatic carbocycles. The highest BCUT2D eigenvalue weighted by Gasteiger charge is 2.36. The first-order valence-electron chi connectivity index (χ1n) is 13.1. The van der Waals surface area contributed by atoms with Crippen LogP contribution in [-0.4, -0.2) is 0 Å². The molecule has 1 heteroatoms. The van der Waals surface area contributed by atoms with Gasteiger partial charge in [-0.2, -0.15) is 0 Å². The van der Waals surface area contributed by atoms with Crippen LogP contribution in [0.15, 0.2) is 42.6 Å². The van der Waals surface area contributed by atoms with Crippen molar-refractivity contribution in [1.82, 2.24) is 0 Å². The van der Waals surface area contributed by atoms with E-state index in [-0.39, 0.29) is 0 Å². The number of pyridine rings is 1. The van der Waals surface area contributed by atoms with Crippen molar-refractivity contribution in [2.24, 2.45) is 18.9 Å². The summed E-state index contributed by atoms with van der Waals surface area (Å²) in [4.78, 5) is 0. The van der Waals surface area contributed by atoms with Gasteiger partial charge in [-0.05, 0) is 109 Å². The van der Waals surface area contributed by atoms with Crippen molar-refractivity contribution in [2.75, 3.05) is 0 Å². The Hall–Kier alpha value is -2.15. The largest absolute Gasteiger partial charge is 0.220 e. The van der Waals surface area contributed by atoms with E-state index in [1.54, 1.807) is 11.1 Å². The third kappa shape index (κ3) is 3.40. The molecule has 32 heavy (non-hydrogen) atoms. The van der Waals surface area contributed by atoms with Crippen molar-refractivity contribution in [3.63, 3.8) is 0 Å². The minimum absolute atomic E-state index is 0.752. The minimum atomic E-state index is 0.752. The number of aromatic nitrogens is 1. The minimum Gasteiger partial charge on any atom is -0.200 e. The third-order valence-electron chi connectivity index (χ3n) is 9.41. The topological polar surface area (TPSA) is 3.88 Å². The van der Waals surface area contributed by atoms with Crippen LogP contribution in [0.2, 0.25) is 0 Å². The molecule has 0 radical (unpaired) electrons. The maximum Gasteiger partial charge on any atom is 0.220 e. The van der Waals surface area contributed by atoms with Gasteiger partial charge in [0.2, 0.25) is 5.69 Å². The Labute approximate surface area is 193 Å². The second kappa shape index (κ2) is 8.01. The molecule has 0 spiro atoms. The second-order valence-electron chi connectivity index (χ2n) is 11.2. The molecule has 4 aliphatic carbocycles. The number of hydrogen-bond acceptors (Lipinski definition) is 0. The lowest BCUT2D eigenvalue weighted by Gasteiger charge is -2.42. The molecule has 0 aliphatic heterocycles. The van der Waals surface area contributed by atoms with Crippen molar-refractivity contribution in [1.29, 1.82) is 0 Å². The summed E-state index contributed by atoms with van der Waals surface area (Å²) in [6.07, 6.45) is 15.1. The summed E-state index contributed by atoms with van der Waals surface area (Å²) in [6.45, 7) is 4.62. The van der Waals surface area contributed by atoms with Gasteiger partial charge in [-0.15, -0.1) is 0 Å². The Morgan fingerprint density at radius 3 is 2.31 bits per heavy atom. The van der Waals surface area contributed by atoms with Gasteiger partial charge >= 0.3 is 0 Å². The van der Waals surface area contributed by atoms with Crippen molar-refractivity contribution in [2.45, 2.75) is 83.5 Å². The van der Waals surface area contributed by atoms with E-state index >= 15 is 0 Å². The van der Waals surface area contributed by atoms with Crippen molar-refractivity contribution >= 4 is 10.8 Å². The second-order valence-corrected chi connectivity index (χ2v) is 11.2. The summed E-state index contributed by atoms with van der Waals surface area (Å²) in [5.74, 6) is 3.44. The zero-order valence-corrected chi connectivity index (χ0v) is 20.2. The molecular weight excluding hydrogens is 386 g/mol. The molecular formula is C31H38N+. The molecule has 166 valence electrons. The van der Waals surface area contributed by atoms with Gasteiger partial charge in [-0.3, -0.25) is 0 Å². The van der Waals surface area contributed by atoms with E-state index in [2.05, 4.69) is 68.1 Å². The third-order valence-corrected chi connectivity index (χ3v) is 9.41. The summed E-state index contributed by atoms with van der Waals surface area (Å²) in [5, 5.41) is 2.83. The van der Waals surface area contributed by atoms with Crippen LogP contribution in [0.1, 0.15) is 91.9 Å². The van der Waals surface area contributed by atoms with Crippen LogP contribution in [0.25, 0.3) is 22.0 Å². The van der Waals surface area contributed by atoms with Crippen molar-refractivity contribution < 1.29 is 4.57 Å². The van der Waals surface area contributed by atoms with E-state index in [0.717, 1.165) is 23.7 Å². The number of benzene rings is 2. The van der Waals surface area contributed by atoms with Crippen LogP contribution in [-0.2, 0) is 7.05 Å². The summed E-state index contributed by atoms with van der Waals surface area (Å²) in [5.41, 5.74) is 8.86. The Morgan fingerprint density at radius 2 is 1.59 bits per heavy atom. The van der Waals surface area contributed by atoms with Gasteiger partial charge in [0.25, 0.3) is 0 Å². The SMILES string of the molecule is Cc1cc(C2CCCC2)cc(-c2c3ccc(C4CC5CCC4CC5)cc3cc[n+]2C)c1C. The number of rotatable bonds is 3. The summed E-state index contributed by atoms with van der Waals surface area (Å²) >= 11 is 0. The molecule has 7 rings (SSSR count). The highest BCUT2D eigenvalue weighted by atomic mass is 14.9. The van der Waals surface area contributed by atoms with Crippen LogP contribution >= 0.6 is 0 Å². The average Bonchev–Trinajstić information content (AvgIpc) is 3.37. The molecule has 1 unspecified atom stereocenters. The van der Waals surface area contributed by atoms with Crippen LogP contribution < -0.4 is 4.57 Å². The highest BCUT2D eigenvalue weighted by molar-refractivity contribution is 5.94. The fourth-order valence-electron chi connectivity index (χ4n) is 7.37. The van der Waals surface area contributed by atoms with Crippen LogP contribution in [0.4, 0.5) is 0 Å². The van der Waals surface area contributed by atoms with E-state index in [0.29, 0.717) is 0 Å². The normalized spacial score (nSPS) is 25.7. The zero-order chi connectivity index (χ0) is 21.8. The van der Waals surface area contributed by atoms with E-state index < -0.39 is 0 Å². The van der Waals surface area contributed by atoms with Crippen LogP contribution in [0.5, 0.6) is 0 Å². The van der Waals surface area contributed by atoms with Crippen molar-refractivity contribution in [3.05, 3.63) is 64.8 Å². The van der Waals surface area contributed by atoms with Gasteiger partial charge in [0.05, 0.1) is 10.9 Å². The van der Waals surface area contributed by atoms with Gasteiger partial charge in [0.15, 0.2) is 6.20 Å². The van der Waals surface area contributed by atoms with E-state index in [1.807, 2.05) is 0 Å². The first-order chi connectivity index (χ1) is 15.6. The van der Waals surface area contributed by atoms with Crippen LogP contribution in [0, 0.1) is 25.7 Å². The predicted molar refractivity (Wildman–Crippen MR) is 134 cm³/mol. The molecule has 0 saturated heterocycles. The standard InChI is InChI=1S/C31H38N/c1-20-16-27(23-6-4-5-7-23)19-29(21(20)2)31-28-13-12-25(18-26(28)14-15-32(31)3)30-17-22-8-10-24(30)11-9-22/h12-16,18-19,22-24,30H,4-11,17H2,1-3H3/q+1. The highest BCUT2D eigenvalue weighted by Crippen LogP contribution is 2.50. The molecule has 0 N–H and O–H groups in total. The molecule has 3 aromatic rings. The monoisotopic (exact) mass is 424 g/mol. The summed E-state index contributed by atoms with van der Waals surface area (Å²) < 4.78 is 2.35. The Bertz CT molecular complexity index is 1160. The van der Waals surface area contributed by atoms with Gasteiger partial charge in [0, 0.05) is 6.07 Å². The zero-order valence-electron chi connectivity index (χ0n) is 20.2. The first kappa shape index (κ1) is 20.5. The number of aryl methyl sites for hydroxylation is 2. The molecule has 4 fully saturated rings. The fourth-order valence-corrected chi connectivity index (χ4v) is 7.37. The van der Waals surface area contributed by atoms with E-state index in [1.165, 1.54) is 90.9 Å². The van der Waals surface area contributed by atoms with Gasteiger partial charge in [0.1, 0.15) is 7.05 Å². The Morgan fingerprint density at radius 1 is 0.812 bits per heavy atom. The molecule has 1 nitrogen and oxygen atoms in total. The lowest BCUT2D eigenvalue weighted by atomic mass is 9.63. The number of fused-ring (bicyclic) bond motifs is 4. The molecule has 1 heterocycles. The molecule has 1 aromatic heterocycles. The van der Waals surface area contributed by atoms with Crippen molar-refractivity contribution in [3.8, 4) is 11.3 Å². The molecule has 1 atom stereocenters. The molecule has 4 saturated carbocycles. The lowest BCUT2D eigenvalue weighted by molar-refractivity contribution is -0.659. The van der Waals surface area contributed by atoms with E-state index in [4.69, 9.17) is 0 Å². The Balaban J connectivity index is 1.46. The molecule has 2 bridgehead atoms. The van der Waals surface area contributed by atoms with Crippen LogP contribution in [0.3, 0.4) is 0 Å². The van der Waals surface area contributed by atoms with Gasteiger partial charge in [-0.1, -0.05) is 43.9 Å². The van der Waals surface area contributed by atoms with E-state index in [9.17, 15) is 0 Å². The maximum absolute atomic E-state index is 2.53. The number of nitrogens with zero attached hydrogens (tertiary/aromatic N) is 1. The molecule has 4 aliphatic rings. The van der Waals surface area contributed by atoms with Gasteiger partial charge in [-0.25, -0.2) is 4.57 Å². The smallest absolute Gasteiger partial charge is 0.200 e. The fraction of sp³-hybridized carbons (Fsp3) is 0.516. The first-order valence-corrected chi connectivity index (χ1v) is 13.1. The summed E-state index contributed by atoms with van der Waals surface area (Å²) in [7, 11) is 2.22. The summed E-state index contributed by atoms with van der Waals surface area (Å²) in [6, 6.07) is 14.8. The Kier molecular flexibility index (Phi) is 5.12. The maximum atomic E-state index is 2.53. The van der Waals surface area contributed by atoms with Gasteiger partial charge < -0.3 is 0 Å². The quantitative estimate of drug-likeness (QED) is 0.376. The lowest BCUT2D eigenvalue weighted by Crippen LogP contribution is -2.31. The predicted octanol–water partition coefficient (Wildman–Crippen LogP) is 7.90. The molecule has 0 amide bonds. The number of hydrogen-bond donors (Lipinski definition) is 0.